The van der Waals surface area contributed by atoms with Crippen LogP contribution in [0.15, 0.2) is 42.5 Å². The van der Waals surface area contributed by atoms with Crippen LogP contribution < -0.4 is 31.7 Å². The fraction of sp³-hybridized carbons (Fsp3) is 0.333. The molecule has 1 aromatic heterocycles. The van der Waals surface area contributed by atoms with Gasteiger partial charge in [-0.05, 0) is 73.7 Å². The zero-order valence-corrected chi connectivity index (χ0v) is 23.2. The van der Waals surface area contributed by atoms with Crippen molar-refractivity contribution >= 4 is 46.9 Å². The second-order valence-electron chi connectivity index (χ2n) is 9.28. The molecule has 0 atom stereocenters. The predicted octanol–water partition coefficient (Wildman–Crippen LogP) is 4.37. The molecular weight excluding hydrogens is 534 g/mol. The molecule has 5 amide bonds. The van der Waals surface area contributed by atoms with Crippen molar-refractivity contribution < 1.29 is 23.9 Å². The number of hydrogen-bond acceptors (Lipinski definition) is 8. The summed E-state index contributed by atoms with van der Waals surface area (Å²) in [4.78, 5) is 39.4. The number of amides is 5. The van der Waals surface area contributed by atoms with Gasteiger partial charge in [-0.15, -0.1) is 0 Å². The monoisotopic (exact) mass is 567 g/mol. The third-order valence-corrected chi connectivity index (χ3v) is 6.99. The van der Waals surface area contributed by atoms with Crippen LogP contribution in [0.1, 0.15) is 17.5 Å². The van der Waals surface area contributed by atoms with Crippen LogP contribution in [0.5, 0.6) is 5.75 Å². The minimum atomic E-state index is -1.03. The summed E-state index contributed by atoms with van der Waals surface area (Å²) >= 11 is 1.05. The van der Waals surface area contributed by atoms with Crippen LogP contribution in [0.4, 0.5) is 31.6 Å². The molecule has 6 N–H and O–H groups in total. The molecule has 0 bridgehead atoms. The van der Waals surface area contributed by atoms with Crippen LogP contribution in [0.2, 0.25) is 0 Å². The Balaban J connectivity index is 1.39. The molecule has 13 heteroatoms. The highest BCUT2D eigenvalue weighted by Crippen LogP contribution is 2.42. The molecule has 2 aromatic carbocycles. The number of carbonyl (C=O) groups is 3. The number of aromatic nitrogens is 1. The molecule has 12 nitrogen and oxygen atoms in total. The van der Waals surface area contributed by atoms with E-state index in [0.717, 1.165) is 61.9 Å². The second kappa shape index (κ2) is 13.7. The lowest BCUT2D eigenvalue weighted by Crippen LogP contribution is -2.38. The third-order valence-electron chi connectivity index (χ3n) is 6.13. The summed E-state index contributed by atoms with van der Waals surface area (Å²) < 4.78 is 14.9. The largest absolute Gasteiger partial charge is 0.410 e. The van der Waals surface area contributed by atoms with Gasteiger partial charge in [0, 0.05) is 36.6 Å². The summed E-state index contributed by atoms with van der Waals surface area (Å²) in [5.41, 5.74) is 9.09. The number of carbonyl (C=O) groups excluding carboxylic acids is 3. The first-order valence-corrected chi connectivity index (χ1v) is 13.6. The number of nitrogens with one attached hydrogen (secondary N) is 4. The van der Waals surface area contributed by atoms with Gasteiger partial charge in [-0.2, -0.15) is 4.37 Å². The molecule has 1 saturated heterocycles. The Labute approximate surface area is 236 Å². The van der Waals surface area contributed by atoms with Gasteiger partial charge < -0.3 is 31.2 Å². The Kier molecular flexibility index (Phi) is 9.89. The third kappa shape index (κ3) is 8.15. The highest BCUT2D eigenvalue weighted by molar-refractivity contribution is 7.10. The van der Waals surface area contributed by atoms with Gasteiger partial charge in [0.2, 0.25) is 0 Å². The summed E-state index contributed by atoms with van der Waals surface area (Å²) in [6.45, 7) is 8.35. The van der Waals surface area contributed by atoms with E-state index in [1.165, 1.54) is 0 Å². The van der Waals surface area contributed by atoms with Gasteiger partial charge in [0.05, 0.1) is 13.2 Å². The standard InChI is InChI=1S/C27H33N7O5S/c1-17-5-3-6-19(15-17)30-27(37)31-20-7-8-21(18(2)16-20)23-22(39-25(28)35)24(33-40-23)32-26(36)29-9-4-10-34-11-13-38-14-12-34/h3,5-8,15-16H,4,9-14H2,1-2H3,(H2,28,35)(H2,30,31,37)(H2,29,32,33,36). The van der Waals surface area contributed by atoms with Crippen molar-refractivity contribution in [2.45, 2.75) is 20.3 Å². The van der Waals surface area contributed by atoms with Crippen molar-refractivity contribution in [3.63, 3.8) is 0 Å². The smallest absolute Gasteiger partial charge is 0.405 e. The molecule has 1 aliphatic heterocycles. The summed E-state index contributed by atoms with van der Waals surface area (Å²) in [6, 6.07) is 11.9. The number of rotatable bonds is 9. The molecule has 1 fully saturated rings. The topological polar surface area (TPSA) is 160 Å². The van der Waals surface area contributed by atoms with Gasteiger partial charge in [0.1, 0.15) is 4.88 Å². The van der Waals surface area contributed by atoms with E-state index in [9.17, 15) is 14.4 Å². The van der Waals surface area contributed by atoms with E-state index in [0.29, 0.717) is 28.4 Å². The number of urea groups is 2. The van der Waals surface area contributed by atoms with Gasteiger partial charge in [-0.1, -0.05) is 18.2 Å². The first-order chi connectivity index (χ1) is 19.3. The normalized spacial score (nSPS) is 13.3. The zero-order chi connectivity index (χ0) is 28.5. The van der Waals surface area contributed by atoms with Crippen LogP contribution in [-0.4, -0.2) is 66.8 Å². The van der Waals surface area contributed by atoms with E-state index in [4.69, 9.17) is 15.2 Å². The second-order valence-corrected chi connectivity index (χ2v) is 10.1. The lowest BCUT2D eigenvalue weighted by Gasteiger charge is -2.26. The van der Waals surface area contributed by atoms with E-state index in [1.807, 2.05) is 38.1 Å². The minimum Gasteiger partial charge on any atom is -0.405 e. The van der Waals surface area contributed by atoms with Crippen molar-refractivity contribution in [2.24, 2.45) is 5.73 Å². The van der Waals surface area contributed by atoms with Crippen LogP contribution in [0.3, 0.4) is 0 Å². The number of benzene rings is 2. The van der Waals surface area contributed by atoms with Gasteiger partial charge in [0.15, 0.2) is 11.6 Å². The molecule has 40 heavy (non-hydrogen) atoms. The molecular formula is C27H33N7O5S. The molecule has 0 aliphatic carbocycles. The number of primary amides is 1. The van der Waals surface area contributed by atoms with E-state index in [1.54, 1.807) is 18.2 Å². The first-order valence-electron chi connectivity index (χ1n) is 12.9. The maximum atomic E-state index is 12.5. The lowest BCUT2D eigenvalue weighted by atomic mass is 10.1. The van der Waals surface area contributed by atoms with E-state index in [-0.39, 0.29) is 17.6 Å². The predicted molar refractivity (Wildman–Crippen MR) is 155 cm³/mol. The summed E-state index contributed by atoms with van der Waals surface area (Å²) in [6.07, 6.45) is -0.248. The number of hydrogen-bond donors (Lipinski definition) is 5. The fourth-order valence-corrected chi connectivity index (χ4v) is 5.08. The Hall–Kier alpha value is -4.20. The van der Waals surface area contributed by atoms with Gasteiger partial charge >= 0.3 is 18.2 Å². The number of ether oxygens (including phenoxy) is 2. The van der Waals surface area contributed by atoms with Crippen molar-refractivity contribution in [3.8, 4) is 16.2 Å². The van der Waals surface area contributed by atoms with Gasteiger partial charge in [-0.3, -0.25) is 10.2 Å². The maximum Gasteiger partial charge on any atom is 0.410 e. The minimum absolute atomic E-state index is 0.0574. The molecule has 3 aromatic rings. The summed E-state index contributed by atoms with van der Waals surface area (Å²) in [5, 5.41) is 11.1. The summed E-state index contributed by atoms with van der Waals surface area (Å²) in [5.74, 6) is 0.144. The molecule has 0 unspecified atom stereocenters. The molecule has 1 aliphatic rings. The van der Waals surface area contributed by atoms with Crippen molar-refractivity contribution in [1.82, 2.24) is 14.6 Å². The van der Waals surface area contributed by atoms with E-state index >= 15 is 0 Å². The van der Waals surface area contributed by atoms with Crippen molar-refractivity contribution in [2.75, 3.05) is 55.3 Å². The zero-order valence-electron chi connectivity index (χ0n) is 22.4. The average molecular weight is 568 g/mol. The highest BCUT2D eigenvalue weighted by Gasteiger charge is 2.22. The molecule has 2 heterocycles. The summed E-state index contributed by atoms with van der Waals surface area (Å²) in [7, 11) is 0. The number of anilines is 3. The van der Waals surface area contributed by atoms with Crippen LogP contribution >= 0.6 is 11.5 Å². The Morgan fingerprint density at radius 2 is 1.77 bits per heavy atom. The first kappa shape index (κ1) is 28.8. The molecule has 4 rings (SSSR count). The van der Waals surface area contributed by atoms with Crippen LogP contribution in [-0.2, 0) is 4.74 Å². The number of nitrogens with two attached hydrogens (primary N) is 1. The number of nitrogens with zero attached hydrogens (tertiary/aromatic N) is 2. The van der Waals surface area contributed by atoms with Gasteiger partial charge in [0.25, 0.3) is 0 Å². The lowest BCUT2D eigenvalue weighted by molar-refractivity contribution is 0.0375. The average Bonchev–Trinajstić information content (AvgIpc) is 3.28. The Morgan fingerprint density at radius 1 is 1.02 bits per heavy atom. The quantitative estimate of drug-likeness (QED) is 0.240. The molecule has 0 saturated carbocycles. The number of aryl methyl sites for hydroxylation is 2. The molecule has 0 radical (unpaired) electrons. The maximum absolute atomic E-state index is 12.5. The van der Waals surface area contributed by atoms with Crippen molar-refractivity contribution in [1.29, 1.82) is 0 Å². The van der Waals surface area contributed by atoms with E-state index < -0.39 is 12.1 Å². The highest BCUT2D eigenvalue weighted by atomic mass is 32.1. The fourth-order valence-electron chi connectivity index (χ4n) is 4.22. The van der Waals surface area contributed by atoms with Crippen LogP contribution in [0.25, 0.3) is 10.4 Å². The molecule has 212 valence electrons. The van der Waals surface area contributed by atoms with Gasteiger partial charge in [-0.25, -0.2) is 14.4 Å². The van der Waals surface area contributed by atoms with Crippen molar-refractivity contribution in [3.05, 3.63) is 53.6 Å². The van der Waals surface area contributed by atoms with E-state index in [2.05, 4.69) is 30.5 Å². The number of morpholine rings is 1. The SMILES string of the molecule is Cc1cccc(NC(=O)Nc2ccc(-c3snc(NC(=O)NCCCN4CCOCC4)c3OC(N)=O)c(C)c2)c1. The Bertz CT molecular complexity index is 1360. The Morgan fingerprint density at radius 3 is 2.48 bits per heavy atom. The molecule has 0 spiro atoms. The van der Waals surface area contributed by atoms with Crippen LogP contribution in [0, 0.1) is 13.8 Å².